The largest absolute Gasteiger partial charge is 0.461 e. The first kappa shape index (κ1) is 21.1. The monoisotopic (exact) mass is 354 g/mol. The Morgan fingerprint density at radius 3 is 2.24 bits per heavy atom. The molecule has 0 aliphatic carbocycles. The van der Waals surface area contributed by atoms with Crippen molar-refractivity contribution in [1.29, 1.82) is 5.41 Å². The first-order valence-corrected chi connectivity index (χ1v) is 8.83. The number of rotatable bonds is 6. The summed E-state index contributed by atoms with van der Waals surface area (Å²) >= 11 is 0. The lowest BCUT2D eigenvalue weighted by atomic mass is 9.85. The van der Waals surface area contributed by atoms with Crippen LogP contribution in [-0.4, -0.2) is 53.8 Å². The Morgan fingerprint density at radius 2 is 1.76 bits per heavy atom. The van der Waals surface area contributed by atoms with Crippen LogP contribution < -0.4 is 0 Å². The predicted octanol–water partition coefficient (Wildman–Crippen LogP) is 2.81. The zero-order valence-electron chi connectivity index (χ0n) is 15.9. The highest BCUT2D eigenvalue weighted by Gasteiger charge is 2.30. The van der Waals surface area contributed by atoms with Crippen molar-refractivity contribution in [1.82, 2.24) is 4.90 Å². The summed E-state index contributed by atoms with van der Waals surface area (Å²) < 4.78 is 10.1. The molecule has 0 aromatic heterocycles. The minimum Gasteiger partial charge on any atom is -0.461 e. The van der Waals surface area contributed by atoms with Gasteiger partial charge in [-0.3, -0.25) is 10.2 Å². The predicted molar refractivity (Wildman–Crippen MR) is 93.7 cm³/mol. The van der Waals surface area contributed by atoms with Gasteiger partial charge in [0.15, 0.2) is 11.5 Å². The Balaban J connectivity index is 2.45. The highest BCUT2D eigenvalue weighted by molar-refractivity contribution is 6.63. The van der Waals surface area contributed by atoms with Crippen molar-refractivity contribution >= 4 is 23.6 Å². The lowest BCUT2D eigenvalue weighted by molar-refractivity contribution is -0.136. The lowest BCUT2D eigenvalue weighted by Gasteiger charge is -2.34. The zero-order chi connectivity index (χ0) is 19.2. The molecule has 1 rings (SSSR count). The van der Waals surface area contributed by atoms with Gasteiger partial charge >= 0.3 is 12.1 Å². The molecule has 0 radical (unpaired) electrons. The Morgan fingerprint density at radius 1 is 1.20 bits per heavy atom. The standard InChI is InChI=1S/C18H30N2O5/c1-6-24-16(22)14(19)15(21)12(2)11-13-7-9-20(10-8-13)17(23)25-18(3,4)5/h12-13,19H,6-11H2,1-5H3. The van der Waals surface area contributed by atoms with E-state index in [-0.39, 0.29) is 18.6 Å². The molecule has 1 fully saturated rings. The number of nitrogens with zero attached hydrogens (tertiary/aromatic N) is 1. The number of Topliss-reactive ketones (excluding diaryl/α,β-unsaturated/α-hetero) is 1. The number of nitrogens with one attached hydrogen (secondary N) is 1. The van der Waals surface area contributed by atoms with Crippen molar-refractivity contribution in [3.63, 3.8) is 0 Å². The quantitative estimate of drug-likeness (QED) is 0.449. The molecular formula is C18H30N2O5. The van der Waals surface area contributed by atoms with Crippen LogP contribution >= 0.6 is 0 Å². The van der Waals surface area contributed by atoms with Crippen LogP contribution in [0.2, 0.25) is 0 Å². The molecule has 0 aromatic carbocycles. The smallest absolute Gasteiger partial charge is 0.410 e. The molecule has 7 heteroatoms. The number of piperidine rings is 1. The maximum Gasteiger partial charge on any atom is 0.410 e. The van der Waals surface area contributed by atoms with Gasteiger partial charge in [0.05, 0.1) is 6.61 Å². The molecule has 1 N–H and O–H groups in total. The maximum atomic E-state index is 12.2. The van der Waals surface area contributed by atoms with Crippen molar-refractivity contribution in [3.8, 4) is 0 Å². The summed E-state index contributed by atoms with van der Waals surface area (Å²) in [6.07, 6.45) is 1.86. The normalized spacial score (nSPS) is 16.9. The molecule has 7 nitrogen and oxygen atoms in total. The molecule has 1 atom stereocenters. The molecule has 1 amide bonds. The topological polar surface area (TPSA) is 96.8 Å². The summed E-state index contributed by atoms with van der Waals surface area (Å²) in [7, 11) is 0. The van der Waals surface area contributed by atoms with Gasteiger partial charge in [-0.2, -0.15) is 0 Å². The second-order valence-electron chi connectivity index (χ2n) is 7.51. The van der Waals surface area contributed by atoms with Crippen LogP contribution in [0.25, 0.3) is 0 Å². The van der Waals surface area contributed by atoms with Crippen LogP contribution in [0.5, 0.6) is 0 Å². The molecule has 1 heterocycles. The van der Waals surface area contributed by atoms with Crippen LogP contribution in [-0.2, 0) is 19.1 Å². The molecule has 1 aliphatic rings. The number of amides is 1. The number of ketones is 1. The van der Waals surface area contributed by atoms with Crippen LogP contribution in [0, 0.1) is 17.2 Å². The lowest BCUT2D eigenvalue weighted by Crippen LogP contribution is -2.42. The molecular weight excluding hydrogens is 324 g/mol. The fourth-order valence-electron chi connectivity index (χ4n) is 2.84. The van der Waals surface area contributed by atoms with Crippen LogP contribution in [0.1, 0.15) is 53.9 Å². The number of esters is 1. The van der Waals surface area contributed by atoms with E-state index in [1.54, 1.807) is 18.7 Å². The Kier molecular flexibility index (Phi) is 7.58. The van der Waals surface area contributed by atoms with E-state index in [4.69, 9.17) is 14.9 Å². The van der Waals surface area contributed by atoms with Crippen molar-refractivity contribution < 1.29 is 23.9 Å². The second kappa shape index (κ2) is 8.97. The van der Waals surface area contributed by atoms with E-state index in [9.17, 15) is 14.4 Å². The first-order chi connectivity index (χ1) is 11.5. The molecule has 0 saturated carbocycles. The number of hydrogen-bond donors (Lipinski definition) is 1. The zero-order valence-corrected chi connectivity index (χ0v) is 15.9. The second-order valence-corrected chi connectivity index (χ2v) is 7.51. The van der Waals surface area contributed by atoms with Gasteiger partial charge in [0.2, 0.25) is 0 Å². The van der Waals surface area contributed by atoms with Gasteiger partial charge in [0.1, 0.15) is 5.60 Å². The van der Waals surface area contributed by atoms with E-state index in [1.807, 2.05) is 20.8 Å². The SMILES string of the molecule is CCOC(=O)C(=N)C(=O)C(C)CC1CCN(C(=O)OC(C)(C)C)CC1. The number of carbonyl (C=O) groups excluding carboxylic acids is 3. The summed E-state index contributed by atoms with van der Waals surface area (Å²) in [5.74, 6) is -1.46. The fourth-order valence-corrected chi connectivity index (χ4v) is 2.84. The average Bonchev–Trinajstić information content (AvgIpc) is 2.52. The van der Waals surface area contributed by atoms with Crippen LogP contribution in [0.4, 0.5) is 4.79 Å². The number of hydrogen-bond acceptors (Lipinski definition) is 6. The van der Waals surface area contributed by atoms with E-state index >= 15 is 0 Å². The van der Waals surface area contributed by atoms with E-state index in [0.29, 0.717) is 19.5 Å². The highest BCUT2D eigenvalue weighted by Crippen LogP contribution is 2.26. The molecule has 0 spiro atoms. The van der Waals surface area contributed by atoms with E-state index < -0.39 is 29.0 Å². The summed E-state index contributed by atoms with van der Waals surface area (Å²) in [5.41, 5.74) is -1.09. The third-order valence-corrected chi connectivity index (χ3v) is 4.13. The van der Waals surface area contributed by atoms with Crippen LogP contribution in [0.3, 0.4) is 0 Å². The highest BCUT2D eigenvalue weighted by atomic mass is 16.6. The summed E-state index contributed by atoms with van der Waals surface area (Å²) in [5, 5.41) is 7.63. The minimum absolute atomic E-state index is 0.145. The Hall–Kier alpha value is -1.92. The first-order valence-electron chi connectivity index (χ1n) is 8.83. The van der Waals surface area contributed by atoms with Gasteiger partial charge in [-0.05, 0) is 52.9 Å². The number of carbonyl (C=O) groups is 3. The van der Waals surface area contributed by atoms with Gasteiger partial charge in [0, 0.05) is 19.0 Å². The molecule has 25 heavy (non-hydrogen) atoms. The molecule has 142 valence electrons. The van der Waals surface area contributed by atoms with Gasteiger partial charge < -0.3 is 14.4 Å². The fraction of sp³-hybridized carbons (Fsp3) is 0.778. The van der Waals surface area contributed by atoms with Crippen LogP contribution in [0.15, 0.2) is 0 Å². The maximum absolute atomic E-state index is 12.2. The van der Waals surface area contributed by atoms with Gasteiger partial charge in [-0.1, -0.05) is 6.92 Å². The van der Waals surface area contributed by atoms with Crippen molar-refractivity contribution in [2.24, 2.45) is 11.8 Å². The minimum atomic E-state index is -0.862. The summed E-state index contributed by atoms with van der Waals surface area (Å²) in [4.78, 5) is 37.4. The molecule has 0 aromatic rings. The third kappa shape index (κ3) is 6.84. The van der Waals surface area contributed by atoms with E-state index in [2.05, 4.69) is 0 Å². The van der Waals surface area contributed by atoms with Crippen molar-refractivity contribution in [2.45, 2.75) is 59.5 Å². The number of likely N-dealkylation sites (tertiary alicyclic amines) is 1. The van der Waals surface area contributed by atoms with Crippen molar-refractivity contribution in [2.75, 3.05) is 19.7 Å². The van der Waals surface area contributed by atoms with Gasteiger partial charge in [-0.25, -0.2) is 9.59 Å². The molecule has 1 unspecified atom stereocenters. The Bertz CT molecular complexity index is 516. The van der Waals surface area contributed by atoms with E-state index in [0.717, 1.165) is 12.8 Å². The Labute approximate surface area is 149 Å². The summed E-state index contributed by atoms with van der Waals surface area (Å²) in [6, 6.07) is 0. The molecule has 0 bridgehead atoms. The van der Waals surface area contributed by atoms with Gasteiger partial charge in [0.25, 0.3) is 0 Å². The third-order valence-electron chi connectivity index (χ3n) is 4.13. The van der Waals surface area contributed by atoms with Gasteiger partial charge in [-0.15, -0.1) is 0 Å². The van der Waals surface area contributed by atoms with Crippen molar-refractivity contribution in [3.05, 3.63) is 0 Å². The molecule has 1 aliphatic heterocycles. The van der Waals surface area contributed by atoms with E-state index in [1.165, 1.54) is 0 Å². The summed E-state index contributed by atoms with van der Waals surface area (Å²) in [6.45, 7) is 10.2. The molecule has 1 saturated heterocycles. The number of ether oxygens (including phenoxy) is 2. The average molecular weight is 354 g/mol.